The molecule has 1 aliphatic heterocycles. The maximum absolute atomic E-state index is 12.1. The molecule has 1 aromatic carbocycles. The predicted molar refractivity (Wildman–Crippen MR) is 88.5 cm³/mol. The van der Waals surface area contributed by atoms with Crippen molar-refractivity contribution in [3.8, 4) is 5.75 Å². The number of nitrogens with zero attached hydrogens (tertiary/aromatic N) is 2. The van der Waals surface area contributed by atoms with Crippen LogP contribution in [0.3, 0.4) is 0 Å². The Hall–Kier alpha value is -1.79. The van der Waals surface area contributed by atoms with Gasteiger partial charge >= 0.3 is 0 Å². The summed E-state index contributed by atoms with van der Waals surface area (Å²) in [6.45, 7) is 5.04. The van der Waals surface area contributed by atoms with Crippen molar-refractivity contribution in [1.29, 1.82) is 0 Å². The number of benzene rings is 1. The third-order valence-electron chi connectivity index (χ3n) is 3.90. The molecule has 0 saturated carbocycles. The summed E-state index contributed by atoms with van der Waals surface area (Å²) >= 11 is 5.98. The summed E-state index contributed by atoms with van der Waals surface area (Å²) in [5.74, 6) is 0.732. The number of rotatable bonds is 5. The van der Waals surface area contributed by atoms with Crippen LogP contribution in [0.5, 0.6) is 5.75 Å². The number of nitrogens with one attached hydrogen (secondary N) is 1. The Morgan fingerprint density at radius 1 is 1.26 bits per heavy atom. The highest BCUT2D eigenvalue weighted by atomic mass is 35.5. The second kappa shape index (κ2) is 8.17. The molecule has 2 amide bonds. The molecule has 1 aromatic rings. The highest BCUT2D eigenvalue weighted by molar-refractivity contribution is 6.30. The number of ether oxygens (including phenoxy) is 1. The van der Waals surface area contributed by atoms with Gasteiger partial charge in [-0.05, 0) is 18.2 Å². The summed E-state index contributed by atoms with van der Waals surface area (Å²) in [6.07, 6.45) is 0. The van der Waals surface area contributed by atoms with Crippen LogP contribution < -0.4 is 10.1 Å². The molecular weight excluding hydrogens is 318 g/mol. The zero-order valence-corrected chi connectivity index (χ0v) is 14.2. The molecule has 0 aliphatic carbocycles. The molecule has 0 spiro atoms. The van der Waals surface area contributed by atoms with Gasteiger partial charge in [0, 0.05) is 50.2 Å². The summed E-state index contributed by atoms with van der Waals surface area (Å²) in [6, 6.07) is 5.32. The SMILES string of the molecule is COc1ccc(Cl)cc1CNC(=O)CN1CCN(C(C)=O)CC1. The summed E-state index contributed by atoms with van der Waals surface area (Å²) in [4.78, 5) is 27.2. The number of piperazine rings is 1. The standard InChI is InChI=1S/C16H22ClN3O3/c1-12(21)20-7-5-19(6-8-20)11-16(22)18-10-13-9-14(17)3-4-15(13)23-2/h3-4,9H,5-8,10-11H2,1-2H3,(H,18,22). The average molecular weight is 340 g/mol. The number of halogens is 1. The van der Waals surface area contributed by atoms with Gasteiger partial charge in [0.05, 0.1) is 13.7 Å². The fourth-order valence-corrected chi connectivity index (χ4v) is 2.75. The van der Waals surface area contributed by atoms with E-state index in [-0.39, 0.29) is 11.8 Å². The molecule has 0 atom stereocenters. The number of carbonyl (C=O) groups is 2. The molecule has 0 bridgehead atoms. The Morgan fingerprint density at radius 3 is 2.57 bits per heavy atom. The lowest BCUT2D eigenvalue weighted by molar-refractivity contribution is -0.131. The second-order valence-electron chi connectivity index (χ2n) is 5.52. The normalized spacial score (nSPS) is 15.3. The molecular formula is C16H22ClN3O3. The molecule has 1 saturated heterocycles. The molecule has 6 nitrogen and oxygen atoms in total. The van der Waals surface area contributed by atoms with Crippen LogP contribution in [0.15, 0.2) is 18.2 Å². The Balaban J connectivity index is 1.80. The van der Waals surface area contributed by atoms with E-state index in [4.69, 9.17) is 16.3 Å². The first-order valence-corrected chi connectivity index (χ1v) is 7.94. The fraction of sp³-hybridized carbons (Fsp3) is 0.500. The molecule has 7 heteroatoms. The van der Waals surface area contributed by atoms with Gasteiger partial charge in [0.2, 0.25) is 11.8 Å². The van der Waals surface area contributed by atoms with Gasteiger partial charge < -0.3 is 15.0 Å². The van der Waals surface area contributed by atoms with E-state index in [2.05, 4.69) is 5.32 Å². The largest absolute Gasteiger partial charge is 0.496 e. The number of hydrogen-bond donors (Lipinski definition) is 1. The Kier molecular flexibility index (Phi) is 6.24. The molecule has 2 rings (SSSR count). The number of amides is 2. The van der Waals surface area contributed by atoms with Crippen molar-refractivity contribution >= 4 is 23.4 Å². The first-order chi connectivity index (χ1) is 11.0. The van der Waals surface area contributed by atoms with Crippen molar-refractivity contribution in [2.45, 2.75) is 13.5 Å². The summed E-state index contributed by atoms with van der Waals surface area (Å²) in [7, 11) is 1.59. The van der Waals surface area contributed by atoms with Crippen molar-refractivity contribution in [2.24, 2.45) is 0 Å². The topological polar surface area (TPSA) is 61.9 Å². The lowest BCUT2D eigenvalue weighted by Gasteiger charge is -2.33. The lowest BCUT2D eigenvalue weighted by atomic mass is 10.2. The minimum atomic E-state index is -0.0525. The van der Waals surface area contributed by atoms with E-state index in [0.717, 1.165) is 5.56 Å². The van der Waals surface area contributed by atoms with E-state index in [9.17, 15) is 9.59 Å². The van der Waals surface area contributed by atoms with Crippen molar-refractivity contribution in [3.63, 3.8) is 0 Å². The monoisotopic (exact) mass is 339 g/mol. The van der Waals surface area contributed by atoms with Crippen molar-refractivity contribution < 1.29 is 14.3 Å². The van der Waals surface area contributed by atoms with E-state index < -0.39 is 0 Å². The molecule has 126 valence electrons. The van der Waals surface area contributed by atoms with Crippen molar-refractivity contribution in [1.82, 2.24) is 15.1 Å². The number of carbonyl (C=O) groups excluding carboxylic acids is 2. The minimum absolute atomic E-state index is 0.0525. The summed E-state index contributed by atoms with van der Waals surface area (Å²) in [5, 5.41) is 3.49. The van der Waals surface area contributed by atoms with Gasteiger partial charge in [-0.1, -0.05) is 11.6 Å². The smallest absolute Gasteiger partial charge is 0.234 e. The maximum Gasteiger partial charge on any atom is 0.234 e. The molecule has 1 heterocycles. The highest BCUT2D eigenvalue weighted by Gasteiger charge is 2.20. The molecule has 0 unspecified atom stereocenters. The van der Waals surface area contributed by atoms with Gasteiger partial charge in [-0.3, -0.25) is 14.5 Å². The van der Waals surface area contributed by atoms with E-state index in [1.54, 1.807) is 37.1 Å². The van der Waals surface area contributed by atoms with Crippen LogP contribution in [0.1, 0.15) is 12.5 Å². The first-order valence-electron chi connectivity index (χ1n) is 7.56. The highest BCUT2D eigenvalue weighted by Crippen LogP contribution is 2.22. The summed E-state index contributed by atoms with van der Waals surface area (Å²) in [5.41, 5.74) is 0.842. The van der Waals surface area contributed by atoms with Crippen LogP contribution >= 0.6 is 11.6 Å². The average Bonchev–Trinajstić information content (AvgIpc) is 2.53. The second-order valence-corrected chi connectivity index (χ2v) is 5.95. The predicted octanol–water partition coefficient (Wildman–Crippen LogP) is 1.13. The lowest BCUT2D eigenvalue weighted by Crippen LogP contribution is -2.50. The van der Waals surface area contributed by atoms with E-state index in [1.165, 1.54) is 0 Å². The molecule has 23 heavy (non-hydrogen) atoms. The number of methoxy groups -OCH3 is 1. The Bertz CT molecular complexity index is 572. The van der Waals surface area contributed by atoms with Crippen LogP contribution in [0, 0.1) is 0 Å². The van der Waals surface area contributed by atoms with E-state index >= 15 is 0 Å². The third kappa shape index (κ3) is 5.11. The van der Waals surface area contributed by atoms with Crippen LogP contribution in [-0.4, -0.2) is 61.4 Å². The van der Waals surface area contributed by atoms with Gasteiger partial charge in [-0.2, -0.15) is 0 Å². The Morgan fingerprint density at radius 2 is 1.96 bits per heavy atom. The zero-order chi connectivity index (χ0) is 16.8. The minimum Gasteiger partial charge on any atom is -0.496 e. The molecule has 1 fully saturated rings. The van der Waals surface area contributed by atoms with Crippen molar-refractivity contribution in [3.05, 3.63) is 28.8 Å². The van der Waals surface area contributed by atoms with Crippen molar-refractivity contribution in [2.75, 3.05) is 39.8 Å². The molecule has 0 aromatic heterocycles. The van der Waals surface area contributed by atoms with Gasteiger partial charge in [-0.15, -0.1) is 0 Å². The quantitative estimate of drug-likeness (QED) is 0.873. The first kappa shape index (κ1) is 17.6. The number of hydrogen-bond acceptors (Lipinski definition) is 4. The molecule has 0 radical (unpaired) electrons. The molecule has 1 N–H and O–H groups in total. The van der Waals surface area contributed by atoms with Gasteiger partial charge in [-0.25, -0.2) is 0 Å². The van der Waals surface area contributed by atoms with Crippen LogP contribution in [0.4, 0.5) is 0 Å². The van der Waals surface area contributed by atoms with Crippen LogP contribution in [0.2, 0.25) is 5.02 Å². The molecule has 1 aliphatic rings. The van der Waals surface area contributed by atoms with Crippen LogP contribution in [0.25, 0.3) is 0 Å². The summed E-state index contributed by atoms with van der Waals surface area (Å²) < 4.78 is 5.26. The zero-order valence-electron chi connectivity index (χ0n) is 13.5. The van der Waals surface area contributed by atoms with Gasteiger partial charge in [0.1, 0.15) is 5.75 Å². The van der Waals surface area contributed by atoms with Crippen LogP contribution in [-0.2, 0) is 16.1 Å². The third-order valence-corrected chi connectivity index (χ3v) is 4.14. The van der Waals surface area contributed by atoms with Gasteiger partial charge in [0.15, 0.2) is 0 Å². The maximum atomic E-state index is 12.1. The Labute approximate surface area is 141 Å². The van der Waals surface area contributed by atoms with E-state index in [0.29, 0.717) is 50.0 Å². The van der Waals surface area contributed by atoms with Gasteiger partial charge in [0.25, 0.3) is 0 Å². The van der Waals surface area contributed by atoms with E-state index in [1.807, 2.05) is 4.90 Å². The fourth-order valence-electron chi connectivity index (χ4n) is 2.56.